The molecule has 42 heavy (non-hydrogen) atoms. The molecule has 1 aliphatic carbocycles. The van der Waals surface area contributed by atoms with Crippen molar-refractivity contribution in [2.75, 3.05) is 13.7 Å². The number of hydrogen-bond acceptors (Lipinski definition) is 5. The van der Waals surface area contributed by atoms with E-state index in [-0.39, 0.29) is 17.9 Å². The molecule has 1 saturated carbocycles. The van der Waals surface area contributed by atoms with Crippen molar-refractivity contribution >= 4 is 11.9 Å². The van der Waals surface area contributed by atoms with Gasteiger partial charge in [-0.1, -0.05) is 64.4 Å². The van der Waals surface area contributed by atoms with Gasteiger partial charge >= 0.3 is 5.97 Å². The number of nitrogens with zero attached hydrogens (tertiary/aromatic N) is 1. The maximum Gasteiger partial charge on any atom is 0.326 e. The standard InChI is InChI=1S/C35H47NO6/c1-22-12-7-8-13-25(22)29-31(42-21-23-20-24(15-16-26(23)40-6)35(5)17-11-18-35)28(34(2,3)4)30(33(38)39)36(29)32(37)27-14-9-10-19-41-27/h7-8,12-13,15-16,20,27-31H,9-11,14,17-19,21H2,1-6H3,(H,38,39)/t27-,28+,29-,30-,31-/m0/s1. The van der Waals surface area contributed by atoms with Gasteiger partial charge in [0.2, 0.25) is 0 Å². The molecule has 1 N–H and O–H groups in total. The van der Waals surface area contributed by atoms with E-state index in [9.17, 15) is 14.7 Å². The van der Waals surface area contributed by atoms with Crippen molar-refractivity contribution in [3.05, 3.63) is 64.7 Å². The number of carboxylic acids is 1. The Morgan fingerprint density at radius 3 is 2.40 bits per heavy atom. The van der Waals surface area contributed by atoms with E-state index >= 15 is 0 Å². The predicted molar refractivity (Wildman–Crippen MR) is 161 cm³/mol. The molecule has 3 aliphatic rings. The van der Waals surface area contributed by atoms with E-state index in [1.165, 1.54) is 12.0 Å². The van der Waals surface area contributed by atoms with E-state index in [0.29, 0.717) is 13.0 Å². The highest BCUT2D eigenvalue weighted by atomic mass is 16.5. The second-order valence-electron chi connectivity index (χ2n) is 13.8. The van der Waals surface area contributed by atoms with Crippen molar-refractivity contribution < 1.29 is 28.9 Å². The lowest BCUT2D eigenvalue weighted by Crippen LogP contribution is -2.51. The molecule has 3 fully saturated rings. The third-order valence-corrected chi connectivity index (χ3v) is 9.94. The van der Waals surface area contributed by atoms with Gasteiger partial charge in [0.05, 0.1) is 25.9 Å². The number of hydrogen-bond donors (Lipinski definition) is 1. The summed E-state index contributed by atoms with van der Waals surface area (Å²) in [5.41, 5.74) is 3.80. The smallest absolute Gasteiger partial charge is 0.326 e. The Morgan fingerprint density at radius 1 is 1.10 bits per heavy atom. The van der Waals surface area contributed by atoms with Gasteiger partial charge in [-0.05, 0) is 78.7 Å². The van der Waals surface area contributed by atoms with Gasteiger partial charge in [-0.3, -0.25) is 4.79 Å². The third-order valence-electron chi connectivity index (χ3n) is 9.94. The molecule has 5 rings (SSSR count). The fraction of sp³-hybridized carbons (Fsp3) is 0.600. The summed E-state index contributed by atoms with van der Waals surface area (Å²) in [5, 5.41) is 10.7. The summed E-state index contributed by atoms with van der Waals surface area (Å²) in [6.07, 6.45) is 4.72. The van der Waals surface area contributed by atoms with Crippen LogP contribution in [0.4, 0.5) is 0 Å². The van der Waals surface area contributed by atoms with Gasteiger partial charge < -0.3 is 24.2 Å². The maximum atomic E-state index is 14.3. The van der Waals surface area contributed by atoms with Crippen LogP contribution in [0.1, 0.15) is 94.5 Å². The van der Waals surface area contributed by atoms with Crippen molar-refractivity contribution in [3.8, 4) is 5.75 Å². The number of aryl methyl sites for hydroxylation is 1. The minimum Gasteiger partial charge on any atom is -0.496 e. The maximum absolute atomic E-state index is 14.3. The monoisotopic (exact) mass is 577 g/mol. The number of carboxylic acid groups (broad SMARTS) is 1. The molecule has 2 heterocycles. The van der Waals surface area contributed by atoms with Crippen molar-refractivity contribution in [1.82, 2.24) is 4.90 Å². The Kier molecular flexibility index (Phi) is 8.73. The highest BCUT2D eigenvalue weighted by Crippen LogP contribution is 2.51. The first-order chi connectivity index (χ1) is 20.0. The van der Waals surface area contributed by atoms with Crippen LogP contribution in [-0.4, -0.2) is 53.8 Å². The molecule has 0 unspecified atom stereocenters. The van der Waals surface area contributed by atoms with Gasteiger partial charge in [-0.2, -0.15) is 0 Å². The molecule has 7 nitrogen and oxygen atoms in total. The van der Waals surface area contributed by atoms with E-state index in [1.54, 1.807) is 12.0 Å². The molecule has 0 spiro atoms. The Hall–Kier alpha value is -2.90. The quantitative estimate of drug-likeness (QED) is 0.381. The van der Waals surface area contributed by atoms with Gasteiger partial charge in [0.15, 0.2) is 0 Å². The van der Waals surface area contributed by atoms with E-state index < -0.39 is 41.6 Å². The first-order valence-electron chi connectivity index (χ1n) is 15.5. The predicted octanol–water partition coefficient (Wildman–Crippen LogP) is 6.60. The number of ether oxygens (including phenoxy) is 3. The minimum absolute atomic E-state index is 0.156. The topological polar surface area (TPSA) is 85.3 Å². The Morgan fingerprint density at radius 2 is 1.83 bits per heavy atom. The molecule has 0 bridgehead atoms. The average Bonchev–Trinajstić information content (AvgIpc) is 3.30. The Bertz CT molecular complexity index is 1290. The van der Waals surface area contributed by atoms with Crippen LogP contribution in [0.25, 0.3) is 0 Å². The van der Waals surface area contributed by atoms with Crippen molar-refractivity contribution in [1.29, 1.82) is 0 Å². The fourth-order valence-corrected chi connectivity index (χ4v) is 7.38. The molecule has 0 radical (unpaired) electrons. The van der Waals surface area contributed by atoms with Gasteiger partial charge in [0.25, 0.3) is 5.91 Å². The van der Waals surface area contributed by atoms with Crippen LogP contribution in [0, 0.1) is 18.3 Å². The lowest BCUT2D eigenvalue weighted by atomic mass is 9.66. The molecule has 2 aliphatic heterocycles. The summed E-state index contributed by atoms with van der Waals surface area (Å²) in [4.78, 5) is 29.0. The second-order valence-corrected chi connectivity index (χ2v) is 13.8. The first-order valence-corrected chi connectivity index (χ1v) is 15.5. The van der Waals surface area contributed by atoms with Gasteiger partial charge in [0, 0.05) is 18.1 Å². The van der Waals surface area contributed by atoms with E-state index in [4.69, 9.17) is 14.2 Å². The molecular formula is C35H47NO6. The second kappa shape index (κ2) is 12.0. The van der Waals surface area contributed by atoms with Gasteiger partial charge in [0.1, 0.15) is 17.9 Å². The SMILES string of the molecule is COc1ccc(C2(C)CCC2)cc1CO[C@H]1[C@H](C(C)(C)C)[C@@H](C(=O)O)N(C(=O)[C@@H]2CCCCO2)[C@H]1c1ccccc1C. The number of carbonyl (C=O) groups is 2. The number of aliphatic carboxylic acids is 1. The third kappa shape index (κ3) is 5.70. The molecule has 7 heteroatoms. The van der Waals surface area contributed by atoms with Crippen LogP contribution < -0.4 is 4.74 Å². The molecule has 2 saturated heterocycles. The number of rotatable bonds is 8. The van der Waals surface area contributed by atoms with Crippen LogP contribution in [0.2, 0.25) is 0 Å². The van der Waals surface area contributed by atoms with Crippen molar-refractivity contribution in [3.63, 3.8) is 0 Å². The number of amides is 1. The summed E-state index contributed by atoms with van der Waals surface area (Å²) in [6.45, 7) is 11.2. The normalized spacial score (nSPS) is 27.4. The lowest BCUT2D eigenvalue weighted by molar-refractivity contribution is -0.159. The van der Waals surface area contributed by atoms with Crippen LogP contribution in [0.15, 0.2) is 42.5 Å². The van der Waals surface area contributed by atoms with Crippen LogP contribution in [-0.2, 0) is 31.1 Å². The Balaban J connectivity index is 1.59. The molecular weight excluding hydrogens is 530 g/mol. The highest BCUT2D eigenvalue weighted by molar-refractivity contribution is 5.88. The zero-order chi connectivity index (χ0) is 30.2. The van der Waals surface area contributed by atoms with E-state index in [2.05, 4.69) is 19.1 Å². The Labute approximate surface area is 250 Å². The van der Waals surface area contributed by atoms with Crippen molar-refractivity contribution in [2.45, 2.75) is 109 Å². The van der Waals surface area contributed by atoms with Crippen LogP contribution in [0.3, 0.4) is 0 Å². The minimum atomic E-state index is -1.06. The summed E-state index contributed by atoms with van der Waals surface area (Å²) >= 11 is 0. The number of methoxy groups -OCH3 is 1. The summed E-state index contributed by atoms with van der Waals surface area (Å²) in [5.74, 6) is -0.988. The van der Waals surface area contributed by atoms with E-state index in [1.807, 2.05) is 58.0 Å². The molecule has 2 aromatic rings. The molecule has 5 atom stereocenters. The van der Waals surface area contributed by atoms with Crippen LogP contribution >= 0.6 is 0 Å². The highest BCUT2D eigenvalue weighted by Gasteiger charge is 2.59. The summed E-state index contributed by atoms with van der Waals surface area (Å²) in [7, 11) is 1.66. The van der Waals surface area contributed by atoms with Crippen LogP contribution in [0.5, 0.6) is 5.75 Å². The summed E-state index contributed by atoms with van der Waals surface area (Å²) < 4.78 is 18.6. The zero-order valence-corrected chi connectivity index (χ0v) is 26.0. The average molecular weight is 578 g/mol. The molecule has 228 valence electrons. The number of benzene rings is 2. The van der Waals surface area contributed by atoms with Gasteiger partial charge in [-0.15, -0.1) is 0 Å². The number of carbonyl (C=O) groups excluding carboxylic acids is 1. The van der Waals surface area contributed by atoms with Crippen molar-refractivity contribution in [2.24, 2.45) is 11.3 Å². The fourth-order valence-electron chi connectivity index (χ4n) is 7.38. The largest absolute Gasteiger partial charge is 0.496 e. The molecule has 1 amide bonds. The van der Waals surface area contributed by atoms with E-state index in [0.717, 1.165) is 48.1 Å². The number of likely N-dealkylation sites (tertiary alicyclic amines) is 1. The van der Waals surface area contributed by atoms with Gasteiger partial charge in [-0.25, -0.2) is 4.79 Å². The zero-order valence-electron chi connectivity index (χ0n) is 26.0. The first kappa shape index (κ1) is 30.6. The summed E-state index contributed by atoms with van der Waals surface area (Å²) in [6, 6.07) is 12.7. The molecule has 2 aromatic carbocycles. The lowest BCUT2D eigenvalue weighted by Gasteiger charge is -2.39. The molecule has 0 aromatic heterocycles.